The van der Waals surface area contributed by atoms with Crippen LogP contribution in [-0.4, -0.2) is 43.5 Å². The first-order valence-corrected chi connectivity index (χ1v) is 6.08. The molecule has 6 nitrogen and oxygen atoms in total. The van der Waals surface area contributed by atoms with Gasteiger partial charge >= 0.3 is 6.18 Å². The van der Waals surface area contributed by atoms with E-state index in [1.54, 1.807) is 0 Å². The third kappa shape index (κ3) is 6.91. The molecule has 118 valence electrons. The van der Waals surface area contributed by atoms with E-state index in [2.05, 4.69) is 5.32 Å². The minimum atomic E-state index is -4.37. The van der Waals surface area contributed by atoms with Crippen LogP contribution in [-0.2, 0) is 16.1 Å². The number of aromatic nitrogens is 1. The predicted molar refractivity (Wildman–Crippen MR) is 70.1 cm³/mol. The van der Waals surface area contributed by atoms with E-state index >= 15 is 0 Å². The average Bonchev–Trinajstić information content (AvgIpc) is 2.38. The van der Waals surface area contributed by atoms with Crippen LogP contribution < -0.4 is 16.2 Å². The highest BCUT2D eigenvalue weighted by Gasteiger charge is 2.26. The molecule has 0 aliphatic carbocycles. The predicted octanol–water partition coefficient (Wildman–Crippen LogP) is 0.585. The van der Waals surface area contributed by atoms with Gasteiger partial charge in [0.15, 0.2) is 0 Å². The SMILES string of the molecule is COCCn1cc(NC(=O)CNCC(F)(F)F)ccc1=O. The molecule has 0 spiro atoms. The molecular formula is C12H16F3N3O3. The number of carbonyl (C=O) groups excluding carboxylic acids is 1. The Morgan fingerprint density at radius 2 is 2.10 bits per heavy atom. The van der Waals surface area contributed by atoms with Gasteiger partial charge in [0, 0.05) is 25.9 Å². The van der Waals surface area contributed by atoms with Crippen molar-refractivity contribution >= 4 is 11.6 Å². The van der Waals surface area contributed by atoms with Crippen molar-refractivity contribution in [3.05, 3.63) is 28.7 Å². The molecule has 0 radical (unpaired) electrons. The van der Waals surface area contributed by atoms with E-state index in [9.17, 15) is 22.8 Å². The monoisotopic (exact) mass is 307 g/mol. The van der Waals surface area contributed by atoms with Gasteiger partial charge in [-0.1, -0.05) is 0 Å². The summed E-state index contributed by atoms with van der Waals surface area (Å²) in [6.45, 7) is -1.08. The van der Waals surface area contributed by atoms with Gasteiger partial charge in [0.25, 0.3) is 5.56 Å². The molecule has 0 aliphatic heterocycles. The minimum Gasteiger partial charge on any atom is -0.383 e. The number of methoxy groups -OCH3 is 1. The molecule has 1 aromatic rings. The molecule has 0 saturated carbocycles. The number of amides is 1. The molecule has 9 heteroatoms. The van der Waals surface area contributed by atoms with Gasteiger partial charge in [0.05, 0.1) is 25.4 Å². The zero-order valence-corrected chi connectivity index (χ0v) is 11.4. The number of nitrogens with one attached hydrogen (secondary N) is 2. The van der Waals surface area contributed by atoms with Crippen molar-refractivity contribution in [2.24, 2.45) is 0 Å². The second kappa shape index (κ2) is 7.79. The fraction of sp³-hybridized carbons (Fsp3) is 0.500. The van der Waals surface area contributed by atoms with Crippen molar-refractivity contribution in [2.45, 2.75) is 12.7 Å². The molecule has 0 aromatic carbocycles. The number of nitrogens with zero attached hydrogens (tertiary/aromatic N) is 1. The van der Waals surface area contributed by atoms with Gasteiger partial charge in [0.2, 0.25) is 5.91 Å². The Hall–Kier alpha value is -1.87. The van der Waals surface area contributed by atoms with Crippen LogP contribution in [0.4, 0.5) is 18.9 Å². The molecule has 1 heterocycles. The Morgan fingerprint density at radius 3 is 2.71 bits per heavy atom. The summed E-state index contributed by atoms with van der Waals surface area (Å²) in [5.41, 5.74) is 0.0600. The standard InChI is InChI=1S/C12H16F3N3O3/c1-21-5-4-18-7-9(2-3-11(18)20)17-10(19)6-16-8-12(13,14)15/h2-3,7,16H,4-6,8H2,1H3,(H,17,19). The summed E-state index contributed by atoms with van der Waals surface area (Å²) < 4.78 is 41.9. The lowest BCUT2D eigenvalue weighted by Crippen LogP contribution is -2.35. The molecule has 0 bridgehead atoms. The molecule has 0 saturated heterocycles. The number of anilines is 1. The molecule has 0 fully saturated rings. The van der Waals surface area contributed by atoms with E-state index in [1.807, 2.05) is 5.32 Å². The maximum atomic E-state index is 11.9. The van der Waals surface area contributed by atoms with Crippen LogP contribution in [0.15, 0.2) is 23.1 Å². The molecule has 1 aromatic heterocycles. The second-order valence-corrected chi connectivity index (χ2v) is 4.21. The summed E-state index contributed by atoms with van der Waals surface area (Å²) in [7, 11) is 1.49. The van der Waals surface area contributed by atoms with E-state index in [0.29, 0.717) is 18.8 Å². The molecule has 2 N–H and O–H groups in total. The third-order valence-corrected chi connectivity index (χ3v) is 2.41. The Kier molecular flexibility index (Phi) is 6.38. The maximum absolute atomic E-state index is 11.9. The Labute approximate surface area is 118 Å². The Balaban J connectivity index is 2.54. The molecule has 1 rings (SSSR count). The van der Waals surface area contributed by atoms with Crippen molar-refractivity contribution in [1.29, 1.82) is 0 Å². The summed E-state index contributed by atoms with van der Waals surface area (Å²) >= 11 is 0. The fourth-order valence-electron chi connectivity index (χ4n) is 1.49. The average molecular weight is 307 g/mol. The highest BCUT2D eigenvalue weighted by Crippen LogP contribution is 2.11. The smallest absolute Gasteiger partial charge is 0.383 e. The number of alkyl halides is 3. The van der Waals surface area contributed by atoms with Crippen LogP contribution in [0.1, 0.15) is 0 Å². The summed E-state index contributed by atoms with van der Waals surface area (Å²) in [6, 6.07) is 2.64. The van der Waals surface area contributed by atoms with E-state index in [1.165, 1.54) is 30.0 Å². The molecule has 1 amide bonds. The Morgan fingerprint density at radius 1 is 1.38 bits per heavy atom. The van der Waals surface area contributed by atoms with Crippen LogP contribution >= 0.6 is 0 Å². The summed E-state index contributed by atoms with van der Waals surface area (Å²) in [6.07, 6.45) is -2.96. The normalized spacial score (nSPS) is 11.4. The summed E-state index contributed by atoms with van der Waals surface area (Å²) in [5, 5.41) is 4.38. The van der Waals surface area contributed by atoms with Gasteiger partial charge in [-0.15, -0.1) is 0 Å². The number of halogens is 3. The number of hydrogen-bond donors (Lipinski definition) is 2. The molecule has 0 unspecified atom stereocenters. The van der Waals surface area contributed by atoms with Gasteiger partial charge in [-0.05, 0) is 6.07 Å². The van der Waals surface area contributed by atoms with Gasteiger partial charge in [-0.3, -0.25) is 9.59 Å². The van der Waals surface area contributed by atoms with E-state index in [0.717, 1.165) is 0 Å². The summed E-state index contributed by atoms with van der Waals surface area (Å²) in [4.78, 5) is 23.0. The number of carbonyl (C=O) groups is 1. The number of pyridine rings is 1. The van der Waals surface area contributed by atoms with Crippen molar-refractivity contribution < 1.29 is 22.7 Å². The zero-order chi connectivity index (χ0) is 15.9. The Bertz CT molecular complexity index is 528. The highest BCUT2D eigenvalue weighted by molar-refractivity contribution is 5.92. The van der Waals surface area contributed by atoms with Crippen LogP contribution in [0, 0.1) is 0 Å². The molecule has 21 heavy (non-hydrogen) atoms. The van der Waals surface area contributed by atoms with Crippen LogP contribution in [0.5, 0.6) is 0 Å². The minimum absolute atomic E-state index is 0.264. The third-order valence-electron chi connectivity index (χ3n) is 2.41. The van der Waals surface area contributed by atoms with Crippen molar-refractivity contribution in [3.8, 4) is 0 Å². The molecule has 0 atom stereocenters. The van der Waals surface area contributed by atoms with Crippen molar-refractivity contribution in [2.75, 3.05) is 32.1 Å². The van der Waals surface area contributed by atoms with E-state index in [4.69, 9.17) is 4.74 Å². The maximum Gasteiger partial charge on any atom is 0.401 e. The van der Waals surface area contributed by atoms with Gasteiger partial charge in [-0.2, -0.15) is 13.2 Å². The number of rotatable bonds is 7. The van der Waals surface area contributed by atoms with Gasteiger partial charge in [0.1, 0.15) is 0 Å². The largest absolute Gasteiger partial charge is 0.401 e. The quantitative estimate of drug-likeness (QED) is 0.773. The van der Waals surface area contributed by atoms with Crippen molar-refractivity contribution in [3.63, 3.8) is 0 Å². The second-order valence-electron chi connectivity index (χ2n) is 4.21. The first-order chi connectivity index (χ1) is 9.81. The lowest BCUT2D eigenvalue weighted by molar-refractivity contribution is -0.126. The van der Waals surface area contributed by atoms with Gasteiger partial charge < -0.3 is 19.9 Å². The summed E-state index contributed by atoms with van der Waals surface area (Å²) in [5.74, 6) is -0.629. The topological polar surface area (TPSA) is 72.4 Å². The fourth-order valence-corrected chi connectivity index (χ4v) is 1.49. The van der Waals surface area contributed by atoms with Gasteiger partial charge in [-0.25, -0.2) is 0 Å². The zero-order valence-electron chi connectivity index (χ0n) is 11.4. The van der Waals surface area contributed by atoms with E-state index in [-0.39, 0.29) is 5.56 Å². The number of ether oxygens (including phenoxy) is 1. The van der Waals surface area contributed by atoms with Crippen LogP contribution in [0.3, 0.4) is 0 Å². The molecule has 0 aliphatic rings. The number of hydrogen-bond acceptors (Lipinski definition) is 4. The lowest BCUT2D eigenvalue weighted by Gasteiger charge is -2.10. The first-order valence-electron chi connectivity index (χ1n) is 6.08. The molecular weight excluding hydrogens is 291 g/mol. The van der Waals surface area contributed by atoms with E-state index < -0.39 is 25.2 Å². The van der Waals surface area contributed by atoms with Crippen LogP contribution in [0.25, 0.3) is 0 Å². The van der Waals surface area contributed by atoms with Crippen LogP contribution in [0.2, 0.25) is 0 Å². The first kappa shape index (κ1) is 17.2. The van der Waals surface area contributed by atoms with Crippen molar-refractivity contribution in [1.82, 2.24) is 9.88 Å². The lowest BCUT2D eigenvalue weighted by atomic mass is 10.4. The highest BCUT2D eigenvalue weighted by atomic mass is 19.4.